The van der Waals surface area contributed by atoms with Crippen LogP contribution < -0.4 is 18.9 Å². The third-order valence-electron chi connectivity index (χ3n) is 6.03. The van der Waals surface area contributed by atoms with E-state index in [9.17, 15) is 0 Å². The molecular weight excluding hydrogens is 452 g/mol. The molecule has 0 saturated heterocycles. The predicted molar refractivity (Wildman–Crippen MR) is 141 cm³/mol. The number of fused-ring (bicyclic) bond motifs is 1. The van der Waals surface area contributed by atoms with Crippen LogP contribution in [0.1, 0.15) is 5.56 Å². The van der Waals surface area contributed by atoms with E-state index in [2.05, 4.69) is 16.0 Å². The van der Waals surface area contributed by atoms with Gasteiger partial charge in [-0.3, -0.25) is 0 Å². The topological polar surface area (TPSA) is 62.7 Å². The van der Waals surface area contributed by atoms with Gasteiger partial charge in [-0.05, 0) is 59.2 Å². The van der Waals surface area contributed by atoms with Gasteiger partial charge in [0.2, 0.25) is 0 Å². The molecule has 6 nitrogen and oxygen atoms in total. The molecule has 1 heterocycles. The summed E-state index contributed by atoms with van der Waals surface area (Å²) < 4.78 is 22.6. The van der Waals surface area contributed by atoms with E-state index in [-0.39, 0.29) is 0 Å². The van der Waals surface area contributed by atoms with Gasteiger partial charge in [0.15, 0.2) is 23.0 Å². The Hall–Kier alpha value is -4.58. The molecule has 0 fully saturated rings. The van der Waals surface area contributed by atoms with Crippen molar-refractivity contribution in [3.63, 3.8) is 0 Å². The first-order valence-corrected chi connectivity index (χ1v) is 11.5. The molecule has 0 spiro atoms. The highest BCUT2D eigenvalue weighted by molar-refractivity contribution is 5.95. The van der Waals surface area contributed by atoms with Crippen molar-refractivity contribution >= 4 is 10.9 Å². The minimum Gasteiger partial charge on any atom is -0.493 e. The number of hydrogen-bond donors (Lipinski definition) is 0. The quantitative estimate of drug-likeness (QED) is 0.251. The summed E-state index contributed by atoms with van der Waals surface area (Å²) in [5.41, 5.74) is 5.69. The Morgan fingerprint density at radius 1 is 0.583 bits per heavy atom. The number of ether oxygens (including phenoxy) is 4. The Kier molecular flexibility index (Phi) is 6.67. The monoisotopic (exact) mass is 478 g/mol. The number of benzene rings is 4. The number of rotatable bonds is 8. The number of methoxy groups -OCH3 is 3. The lowest BCUT2D eigenvalue weighted by Gasteiger charge is -2.14. The lowest BCUT2D eigenvalue weighted by atomic mass is 10.00. The van der Waals surface area contributed by atoms with E-state index >= 15 is 0 Å². The zero-order chi connectivity index (χ0) is 24.9. The van der Waals surface area contributed by atoms with E-state index in [0.29, 0.717) is 29.6 Å². The average molecular weight is 479 g/mol. The third kappa shape index (κ3) is 4.66. The summed E-state index contributed by atoms with van der Waals surface area (Å²) in [7, 11) is 4.90. The SMILES string of the molecule is COc1ccc(-c2ccc3ncnc(-c4ccc(OC)c(OCc5ccccc5)c4)c3c2)cc1OC. The van der Waals surface area contributed by atoms with Crippen molar-refractivity contribution in [3.05, 3.63) is 96.8 Å². The molecule has 0 bridgehead atoms. The van der Waals surface area contributed by atoms with Crippen molar-refractivity contribution in [1.82, 2.24) is 9.97 Å². The number of hydrogen-bond acceptors (Lipinski definition) is 6. The second-order valence-corrected chi connectivity index (χ2v) is 8.16. The van der Waals surface area contributed by atoms with Crippen molar-refractivity contribution in [3.8, 4) is 45.4 Å². The van der Waals surface area contributed by atoms with Crippen LogP contribution in [0.15, 0.2) is 91.3 Å². The maximum absolute atomic E-state index is 6.13. The molecule has 0 aliphatic carbocycles. The largest absolute Gasteiger partial charge is 0.493 e. The highest BCUT2D eigenvalue weighted by Gasteiger charge is 2.13. The first-order valence-electron chi connectivity index (χ1n) is 11.5. The summed E-state index contributed by atoms with van der Waals surface area (Å²) in [6, 6.07) is 27.9. The summed E-state index contributed by atoms with van der Waals surface area (Å²) >= 11 is 0. The first-order chi connectivity index (χ1) is 17.7. The van der Waals surface area contributed by atoms with E-state index < -0.39 is 0 Å². The van der Waals surface area contributed by atoms with Gasteiger partial charge in [-0.2, -0.15) is 0 Å². The highest BCUT2D eigenvalue weighted by atomic mass is 16.5. The Balaban J connectivity index is 1.55. The normalized spacial score (nSPS) is 10.8. The van der Waals surface area contributed by atoms with Gasteiger partial charge < -0.3 is 18.9 Å². The van der Waals surface area contributed by atoms with Crippen LogP contribution in [0.5, 0.6) is 23.0 Å². The second kappa shape index (κ2) is 10.4. The molecule has 0 amide bonds. The summed E-state index contributed by atoms with van der Waals surface area (Å²) in [5, 5.41) is 0.934. The zero-order valence-corrected chi connectivity index (χ0v) is 20.4. The molecule has 0 unspecified atom stereocenters. The molecule has 36 heavy (non-hydrogen) atoms. The summed E-state index contributed by atoms with van der Waals surface area (Å²) in [6.45, 7) is 0.439. The van der Waals surface area contributed by atoms with Gasteiger partial charge in [-0.25, -0.2) is 9.97 Å². The third-order valence-corrected chi connectivity index (χ3v) is 6.03. The van der Waals surface area contributed by atoms with Crippen LogP contribution in [0.4, 0.5) is 0 Å². The van der Waals surface area contributed by atoms with E-state index in [1.54, 1.807) is 27.7 Å². The van der Waals surface area contributed by atoms with Crippen LogP contribution in [0.2, 0.25) is 0 Å². The molecule has 180 valence electrons. The number of aromatic nitrogens is 2. The molecule has 4 aromatic carbocycles. The minimum absolute atomic E-state index is 0.439. The lowest BCUT2D eigenvalue weighted by molar-refractivity contribution is 0.284. The molecule has 0 aliphatic heterocycles. The molecule has 5 aromatic rings. The molecule has 6 heteroatoms. The van der Waals surface area contributed by atoms with Gasteiger partial charge in [0.05, 0.1) is 32.5 Å². The molecule has 1 aromatic heterocycles. The van der Waals surface area contributed by atoms with E-state index in [1.807, 2.05) is 78.9 Å². The van der Waals surface area contributed by atoms with Crippen LogP contribution in [-0.2, 0) is 6.61 Å². The first kappa shape index (κ1) is 23.2. The zero-order valence-electron chi connectivity index (χ0n) is 20.4. The Bertz CT molecular complexity index is 1500. The van der Waals surface area contributed by atoms with Crippen molar-refractivity contribution in [1.29, 1.82) is 0 Å². The summed E-state index contributed by atoms with van der Waals surface area (Å²) in [5.74, 6) is 2.68. The summed E-state index contributed by atoms with van der Waals surface area (Å²) in [4.78, 5) is 9.12. The Morgan fingerprint density at radius 2 is 1.22 bits per heavy atom. The predicted octanol–water partition coefficient (Wildman–Crippen LogP) is 6.57. The van der Waals surface area contributed by atoms with Crippen LogP contribution >= 0.6 is 0 Å². The fourth-order valence-corrected chi connectivity index (χ4v) is 4.15. The van der Waals surface area contributed by atoms with Gasteiger partial charge in [-0.1, -0.05) is 42.5 Å². The van der Waals surface area contributed by atoms with Crippen molar-refractivity contribution < 1.29 is 18.9 Å². The van der Waals surface area contributed by atoms with Gasteiger partial charge in [0, 0.05) is 10.9 Å². The second-order valence-electron chi connectivity index (χ2n) is 8.16. The maximum Gasteiger partial charge on any atom is 0.162 e. The van der Waals surface area contributed by atoms with Gasteiger partial charge in [0.1, 0.15) is 12.9 Å². The van der Waals surface area contributed by atoms with E-state index in [1.165, 1.54) is 0 Å². The van der Waals surface area contributed by atoms with Crippen LogP contribution in [-0.4, -0.2) is 31.3 Å². The molecular formula is C30H26N2O4. The van der Waals surface area contributed by atoms with Crippen LogP contribution in [0, 0.1) is 0 Å². The average Bonchev–Trinajstić information content (AvgIpc) is 2.95. The molecule has 0 atom stereocenters. The van der Waals surface area contributed by atoms with Gasteiger partial charge in [-0.15, -0.1) is 0 Å². The molecule has 0 N–H and O–H groups in total. The van der Waals surface area contributed by atoms with Gasteiger partial charge >= 0.3 is 0 Å². The lowest BCUT2D eigenvalue weighted by Crippen LogP contribution is -1.98. The van der Waals surface area contributed by atoms with Crippen molar-refractivity contribution in [2.45, 2.75) is 6.61 Å². The molecule has 0 saturated carbocycles. The van der Waals surface area contributed by atoms with Crippen LogP contribution in [0.25, 0.3) is 33.3 Å². The van der Waals surface area contributed by atoms with Crippen molar-refractivity contribution in [2.24, 2.45) is 0 Å². The standard InChI is InChI=1S/C30H26N2O4/c1-33-26-13-10-22(16-28(26)35-3)21-9-12-25-24(15-21)30(32-19-31-25)23-11-14-27(34-2)29(17-23)36-18-20-7-5-4-6-8-20/h4-17,19H,18H2,1-3H3. The molecule has 5 rings (SSSR count). The minimum atomic E-state index is 0.439. The van der Waals surface area contributed by atoms with Gasteiger partial charge in [0.25, 0.3) is 0 Å². The Morgan fingerprint density at radius 3 is 1.97 bits per heavy atom. The fourth-order valence-electron chi connectivity index (χ4n) is 4.15. The fraction of sp³-hybridized carbons (Fsp3) is 0.133. The summed E-state index contributed by atoms with van der Waals surface area (Å²) in [6.07, 6.45) is 1.59. The highest BCUT2D eigenvalue weighted by Crippen LogP contribution is 2.37. The molecule has 0 aliphatic rings. The maximum atomic E-state index is 6.13. The van der Waals surface area contributed by atoms with Crippen LogP contribution in [0.3, 0.4) is 0 Å². The smallest absolute Gasteiger partial charge is 0.162 e. The number of nitrogens with zero attached hydrogens (tertiary/aromatic N) is 2. The van der Waals surface area contributed by atoms with E-state index in [4.69, 9.17) is 18.9 Å². The van der Waals surface area contributed by atoms with E-state index in [0.717, 1.165) is 38.9 Å². The van der Waals surface area contributed by atoms with Crippen molar-refractivity contribution in [2.75, 3.05) is 21.3 Å². The Labute approximate surface area is 210 Å². The molecule has 0 radical (unpaired) electrons.